The average Bonchev–Trinajstić information content (AvgIpc) is 3.38. The van der Waals surface area contributed by atoms with Crippen LogP contribution in [0.5, 0.6) is 0 Å². The molecule has 0 saturated carbocycles. The summed E-state index contributed by atoms with van der Waals surface area (Å²) in [7, 11) is 0. The number of nitrogens with one attached hydrogen (secondary N) is 2. The van der Waals surface area contributed by atoms with Crippen molar-refractivity contribution in [1.82, 2.24) is 15.2 Å². The molecule has 28 heavy (non-hydrogen) atoms. The number of anilines is 2. The molecule has 0 aromatic carbocycles. The molecule has 0 aliphatic carbocycles. The van der Waals surface area contributed by atoms with Gasteiger partial charge in [0.2, 0.25) is 5.91 Å². The van der Waals surface area contributed by atoms with E-state index in [4.69, 9.17) is 5.73 Å². The number of rotatable bonds is 3. The van der Waals surface area contributed by atoms with E-state index < -0.39 is 5.91 Å². The van der Waals surface area contributed by atoms with Crippen LogP contribution in [-0.2, 0) is 4.79 Å². The minimum Gasteiger partial charge on any atom is -0.367 e. The molecule has 9 heteroatoms. The zero-order valence-corrected chi connectivity index (χ0v) is 16.4. The second-order valence-electron chi connectivity index (χ2n) is 7.72. The second kappa shape index (κ2) is 6.89. The van der Waals surface area contributed by atoms with Crippen molar-refractivity contribution in [2.24, 2.45) is 5.73 Å². The first-order valence-corrected chi connectivity index (χ1v) is 10.7. The molecule has 8 nitrogen and oxygen atoms in total. The maximum Gasteiger partial charge on any atom is 0.261 e. The molecule has 2 amide bonds. The molecule has 5 rings (SSSR count). The molecule has 2 aromatic heterocycles. The Labute approximate surface area is 167 Å². The van der Waals surface area contributed by atoms with Gasteiger partial charge in [0, 0.05) is 31.0 Å². The van der Waals surface area contributed by atoms with Gasteiger partial charge in [0.15, 0.2) is 0 Å². The Balaban J connectivity index is 1.47. The van der Waals surface area contributed by atoms with Crippen molar-refractivity contribution in [1.29, 1.82) is 0 Å². The van der Waals surface area contributed by atoms with Gasteiger partial charge < -0.3 is 26.2 Å². The fourth-order valence-corrected chi connectivity index (χ4v) is 5.71. The normalized spacial score (nSPS) is 24.4. The van der Waals surface area contributed by atoms with Crippen molar-refractivity contribution < 1.29 is 9.59 Å². The van der Waals surface area contributed by atoms with Gasteiger partial charge in [-0.1, -0.05) is 0 Å². The third-order valence-electron chi connectivity index (χ3n) is 6.03. The molecular formula is C19H24N6O2S. The van der Waals surface area contributed by atoms with Crippen LogP contribution < -0.4 is 21.3 Å². The summed E-state index contributed by atoms with van der Waals surface area (Å²) in [5.74, 6) is -0.213. The fourth-order valence-electron chi connectivity index (χ4n) is 4.68. The fraction of sp³-hybridized carbons (Fsp3) is 0.526. The zero-order valence-electron chi connectivity index (χ0n) is 15.6. The Hall–Kier alpha value is -2.39. The summed E-state index contributed by atoms with van der Waals surface area (Å²) in [6.45, 7) is 2.98. The van der Waals surface area contributed by atoms with Gasteiger partial charge in [-0.25, -0.2) is 4.98 Å². The van der Waals surface area contributed by atoms with E-state index in [1.54, 1.807) is 6.20 Å². The van der Waals surface area contributed by atoms with Crippen molar-refractivity contribution in [2.45, 2.75) is 37.8 Å². The van der Waals surface area contributed by atoms with Crippen LogP contribution in [0.25, 0.3) is 10.2 Å². The van der Waals surface area contributed by atoms with Crippen LogP contribution in [0.15, 0.2) is 12.3 Å². The van der Waals surface area contributed by atoms with E-state index in [0.717, 1.165) is 60.4 Å². The number of hydrogen-bond acceptors (Lipinski definition) is 7. The lowest BCUT2D eigenvalue weighted by atomic mass is 10.0. The van der Waals surface area contributed by atoms with Crippen LogP contribution in [0, 0.1) is 0 Å². The van der Waals surface area contributed by atoms with Crippen LogP contribution in [0.3, 0.4) is 0 Å². The molecule has 0 unspecified atom stereocenters. The number of nitrogens with two attached hydrogens (primary N) is 1. The van der Waals surface area contributed by atoms with E-state index in [-0.39, 0.29) is 18.0 Å². The van der Waals surface area contributed by atoms with Gasteiger partial charge in [0.1, 0.15) is 9.71 Å². The molecule has 2 aromatic rings. The maximum absolute atomic E-state index is 12.9. The summed E-state index contributed by atoms with van der Waals surface area (Å²) < 4.78 is 0. The number of nitrogens with zero attached hydrogens (tertiary/aromatic N) is 3. The molecule has 148 valence electrons. The predicted molar refractivity (Wildman–Crippen MR) is 110 cm³/mol. The van der Waals surface area contributed by atoms with Crippen molar-refractivity contribution >= 4 is 44.7 Å². The summed E-state index contributed by atoms with van der Waals surface area (Å²) in [5.41, 5.74) is 7.57. The Morgan fingerprint density at radius 1 is 1.29 bits per heavy atom. The Bertz CT molecular complexity index is 938. The van der Waals surface area contributed by atoms with E-state index in [9.17, 15) is 9.59 Å². The molecule has 2 fully saturated rings. The van der Waals surface area contributed by atoms with Crippen molar-refractivity contribution in [3.63, 3.8) is 0 Å². The molecule has 3 aliphatic rings. The number of piperidine rings is 1. The highest BCUT2D eigenvalue weighted by Crippen LogP contribution is 2.44. The Morgan fingerprint density at radius 3 is 2.96 bits per heavy atom. The Kier molecular flexibility index (Phi) is 4.36. The van der Waals surface area contributed by atoms with Crippen molar-refractivity contribution in [3.05, 3.63) is 17.1 Å². The highest BCUT2D eigenvalue weighted by Gasteiger charge is 2.36. The van der Waals surface area contributed by atoms with Crippen molar-refractivity contribution in [2.75, 3.05) is 36.5 Å². The number of carbonyl (C=O) groups excluding carboxylic acids is 2. The molecule has 2 saturated heterocycles. The molecule has 4 N–H and O–H groups in total. The Morgan fingerprint density at radius 2 is 2.18 bits per heavy atom. The topological polar surface area (TPSA) is 104 Å². The first-order valence-electron chi connectivity index (χ1n) is 9.87. The first-order chi connectivity index (χ1) is 13.6. The summed E-state index contributed by atoms with van der Waals surface area (Å²) in [6.07, 6.45) is 5.66. The lowest BCUT2D eigenvalue weighted by molar-refractivity contribution is -0.134. The third-order valence-corrected chi connectivity index (χ3v) is 7.13. The quantitative estimate of drug-likeness (QED) is 0.718. The second-order valence-corrected chi connectivity index (χ2v) is 8.72. The number of amides is 2. The number of likely N-dealkylation sites (tertiary alicyclic amines) is 1. The lowest BCUT2D eigenvalue weighted by Gasteiger charge is -2.43. The molecule has 5 heterocycles. The molecule has 3 aliphatic heterocycles. The molecule has 0 spiro atoms. The number of aromatic nitrogens is 1. The number of thiophene rings is 1. The summed E-state index contributed by atoms with van der Waals surface area (Å²) in [4.78, 5) is 35.0. The van der Waals surface area contributed by atoms with Crippen molar-refractivity contribution in [3.8, 4) is 0 Å². The molecule has 0 radical (unpaired) electrons. The van der Waals surface area contributed by atoms with Gasteiger partial charge in [-0.15, -0.1) is 11.3 Å². The highest BCUT2D eigenvalue weighted by molar-refractivity contribution is 7.21. The van der Waals surface area contributed by atoms with E-state index >= 15 is 0 Å². The maximum atomic E-state index is 12.9. The van der Waals surface area contributed by atoms with Gasteiger partial charge in [0.25, 0.3) is 5.91 Å². The van der Waals surface area contributed by atoms with Gasteiger partial charge >= 0.3 is 0 Å². The minimum absolute atomic E-state index is 0.0443. The standard InChI is InChI=1S/C19H24N6O2S/c20-17(26)16-15-14-12(5-7-22-18(14)28-16)23-10-25(15)11-3-2-8-24(9-11)19(27)13-4-1-6-21-13/h5,7,11,13,21,23H,1-4,6,8-10H2,(H2,20,26)/t11-,13+/m1/s1. The van der Waals surface area contributed by atoms with Gasteiger partial charge in [0.05, 0.1) is 23.8 Å². The van der Waals surface area contributed by atoms with Crippen LogP contribution in [-0.4, -0.2) is 60.1 Å². The number of hydrogen-bond donors (Lipinski definition) is 3. The number of pyridine rings is 1. The largest absolute Gasteiger partial charge is 0.367 e. The smallest absolute Gasteiger partial charge is 0.261 e. The van der Waals surface area contributed by atoms with Gasteiger partial charge in [-0.2, -0.15) is 0 Å². The van der Waals surface area contributed by atoms with Crippen LogP contribution >= 0.6 is 11.3 Å². The summed E-state index contributed by atoms with van der Waals surface area (Å²) >= 11 is 1.35. The molecular weight excluding hydrogens is 376 g/mol. The summed E-state index contributed by atoms with van der Waals surface area (Å²) in [5, 5.41) is 7.73. The van der Waals surface area contributed by atoms with Crippen LogP contribution in [0.2, 0.25) is 0 Å². The summed E-state index contributed by atoms with van der Waals surface area (Å²) in [6, 6.07) is 2.04. The average molecular weight is 401 g/mol. The first kappa shape index (κ1) is 17.7. The SMILES string of the molecule is NC(=O)c1sc2nccc3c2c1N([C@@H]1CCCN(C(=O)[C@@H]2CCCN2)C1)CN3. The van der Waals surface area contributed by atoms with Crippen LogP contribution in [0.1, 0.15) is 35.4 Å². The van der Waals surface area contributed by atoms with Crippen LogP contribution in [0.4, 0.5) is 11.4 Å². The van der Waals surface area contributed by atoms with E-state index in [1.807, 2.05) is 11.0 Å². The molecule has 2 atom stereocenters. The van der Waals surface area contributed by atoms with E-state index in [0.29, 0.717) is 18.1 Å². The van der Waals surface area contributed by atoms with E-state index in [2.05, 4.69) is 20.5 Å². The lowest BCUT2D eigenvalue weighted by Crippen LogP contribution is -2.55. The van der Waals surface area contributed by atoms with Gasteiger partial charge in [-0.3, -0.25) is 9.59 Å². The number of primary amides is 1. The third kappa shape index (κ3) is 2.80. The predicted octanol–water partition coefficient (Wildman–Crippen LogP) is 1.33. The zero-order chi connectivity index (χ0) is 19.3. The minimum atomic E-state index is -0.422. The monoisotopic (exact) mass is 400 g/mol. The van der Waals surface area contributed by atoms with E-state index in [1.165, 1.54) is 11.3 Å². The van der Waals surface area contributed by atoms with Gasteiger partial charge in [-0.05, 0) is 38.3 Å². The highest BCUT2D eigenvalue weighted by atomic mass is 32.1. The number of carbonyl (C=O) groups is 2. The molecule has 0 bridgehead atoms.